The number of nitrogens with one attached hydrogen (secondary N) is 1. The molecule has 2 aromatic carbocycles. The molecule has 1 aliphatic heterocycles. The van der Waals surface area contributed by atoms with Gasteiger partial charge < -0.3 is 9.88 Å². The van der Waals surface area contributed by atoms with Gasteiger partial charge in [0.2, 0.25) is 15.9 Å². The van der Waals surface area contributed by atoms with E-state index in [1.807, 2.05) is 0 Å². The number of anilines is 1. The number of carbonyl (C=O) groups excluding carboxylic acids is 1. The summed E-state index contributed by atoms with van der Waals surface area (Å²) in [6.07, 6.45) is 2.98. The van der Waals surface area contributed by atoms with Crippen LogP contribution >= 0.6 is 0 Å². The van der Waals surface area contributed by atoms with Crippen molar-refractivity contribution in [2.75, 3.05) is 18.4 Å². The summed E-state index contributed by atoms with van der Waals surface area (Å²) in [6, 6.07) is 7.99. The Balaban J connectivity index is 1.51. The number of aromatic nitrogens is 2. The SMILES string of the molecule is O=C(Cn1cnc2cc(F)c(F)cc21)Nc1cccc(S(=O)(=O)N2CCCC2)c1. The fourth-order valence-electron chi connectivity index (χ4n) is 3.35. The highest BCUT2D eigenvalue weighted by Crippen LogP contribution is 2.23. The average Bonchev–Trinajstić information content (AvgIpc) is 3.34. The first-order chi connectivity index (χ1) is 13.8. The lowest BCUT2D eigenvalue weighted by atomic mass is 10.3. The Morgan fingerprint density at radius 2 is 1.83 bits per heavy atom. The molecular formula is C19H18F2N4O3S. The predicted octanol–water partition coefficient (Wildman–Crippen LogP) is 2.74. The van der Waals surface area contributed by atoms with Gasteiger partial charge >= 0.3 is 0 Å². The molecule has 4 rings (SSSR count). The van der Waals surface area contributed by atoms with Crippen molar-refractivity contribution >= 4 is 32.7 Å². The Labute approximate surface area is 166 Å². The van der Waals surface area contributed by atoms with Gasteiger partial charge in [-0.15, -0.1) is 0 Å². The molecule has 152 valence electrons. The quantitative estimate of drug-likeness (QED) is 0.688. The van der Waals surface area contributed by atoms with Crippen LogP contribution in [-0.2, 0) is 21.4 Å². The smallest absolute Gasteiger partial charge is 0.244 e. The van der Waals surface area contributed by atoms with Gasteiger partial charge in [0, 0.05) is 30.9 Å². The molecule has 1 fully saturated rings. The summed E-state index contributed by atoms with van der Waals surface area (Å²) in [6.45, 7) is 0.790. The summed E-state index contributed by atoms with van der Waals surface area (Å²) in [7, 11) is -3.59. The molecule has 1 aliphatic rings. The van der Waals surface area contributed by atoms with E-state index >= 15 is 0 Å². The van der Waals surface area contributed by atoms with Crippen molar-refractivity contribution in [1.29, 1.82) is 0 Å². The van der Waals surface area contributed by atoms with Gasteiger partial charge in [-0.05, 0) is 31.0 Å². The van der Waals surface area contributed by atoms with Gasteiger partial charge in [0.05, 0.1) is 22.3 Å². The number of hydrogen-bond acceptors (Lipinski definition) is 4. The fourth-order valence-corrected chi connectivity index (χ4v) is 4.91. The summed E-state index contributed by atoms with van der Waals surface area (Å²) >= 11 is 0. The number of amides is 1. The lowest BCUT2D eigenvalue weighted by molar-refractivity contribution is -0.116. The normalized spacial score (nSPS) is 15.1. The third kappa shape index (κ3) is 3.85. The van der Waals surface area contributed by atoms with Crippen LogP contribution in [0.1, 0.15) is 12.8 Å². The molecule has 1 N–H and O–H groups in total. The molecular weight excluding hydrogens is 402 g/mol. The van der Waals surface area contributed by atoms with Crippen LogP contribution in [0.5, 0.6) is 0 Å². The molecule has 0 unspecified atom stereocenters. The van der Waals surface area contributed by atoms with Crippen molar-refractivity contribution in [2.45, 2.75) is 24.3 Å². The van der Waals surface area contributed by atoms with E-state index in [1.54, 1.807) is 12.1 Å². The van der Waals surface area contributed by atoms with Crippen LogP contribution in [0.4, 0.5) is 14.5 Å². The minimum Gasteiger partial charge on any atom is -0.324 e. The van der Waals surface area contributed by atoms with Crippen LogP contribution in [0.15, 0.2) is 47.6 Å². The number of benzene rings is 2. The van der Waals surface area contributed by atoms with Crippen LogP contribution in [0.25, 0.3) is 11.0 Å². The van der Waals surface area contributed by atoms with Crippen LogP contribution in [0.2, 0.25) is 0 Å². The molecule has 1 saturated heterocycles. The summed E-state index contributed by atoms with van der Waals surface area (Å²) in [5.41, 5.74) is 0.844. The van der Waals surface area contributed by atoms with E-state index in [0.717, 1.165) is 25.0 Å². The highest BCUT2D eigenvalue weighted by molar-refractivity contribution is 7.89. The summed E-state index contributed by atoms with van der Waals surface area (Å²) in [5.74, 6) is -2.49. The first-order valence-corrected chi connectivity index (χ1v) is 10.5. The molecule has 0 bridgehead atoms. The van der Waals surface area contributed by atoms with Gasteiger partial charge in [0.1, 0.15) is 6.54 Å². The largest absolute Gasteiger partial charge is 0.324 e. The maximum absolute atomic E-state index is 13.5. The van der Waals surface area contributed by atoms with E-state index in [9.17, 15) is 22.0 Å². The van der Waals surface area contributed by atoms with Crippen molar-refractivity contribution in [2.24, 2.45) is 0 Å². The van der Waals surface area contributed by atoms with Crippen LogP contribution in [0, 0.1) is 11.6 Å². The van der Waals surface area contributed by atoms with Crippen molar-refractivity contribution in [3.05, 3.63) is 54.4 Å². The van der Waals surface area contributed by atoms with Crippen molar-refractivity contribution in [1.82, 2.24) is 13.9 Å². The number of carbonyl (C=O) groups is 1. The van der Waals surface area contributed by atoms with Crippen LogP contribution in [-0.4, -0.2) is 41.3 Å². The molecule has 3 aromatic rings. The lowest BCUT2D eigenvalue weighted by Gasteiger charge is -2.16. The number of sulfonamides is 1. The van der Waals surface area contributed by atoms with Crippen molar-refractivity contribution < 1.29 is 22.0 Å². The Kier molecular flexibility index (Phi) is 5.05. The number of hydrogen-bond donors (Lipinski definition) is 1. The Hall–Kier alpha value is -2.85. The number of fused-ring (bicyclic) bond motifs is 1. The van der Waals surface area contributed by atoms with Gasteiger partial charge in [0.25, 0.3) is 0 Å². The number of halogens is 2. The minimum atomic E-state index is -3.59. The van der Waals surface area contributed by atoms with Gasteiger partial charge in [-0.3, -0.25) is 4.79 Å². The molecule has 0 spiro atoms. The van der Waals surface area contributed by atoms with Gasteiger partial charge in [0.15, 0.2) is 11.6 Å². The lowest BCUT2D eigenvalue weighted by Crippen LogP contribution is -2.28. The van der Waals surface area contributed by atoms with Gasteiger partial charge in [-0.2, -0.15) is 4.31 Å². The second-order valence-electron chi connectivity index (χ2n) is 6.81. The maximum atomic E-state index is 13.5. The summed E-state index contributed by atoms with van der Waals surface area (Å²) in [5, 5.41) is 2.64. The third-order valence-electron chi connectivity index (χ3n) is 4.80. The summed E-state index contributed by atoms with van der Waals surface area (Å²) in [4.78, 5) is 16.5. The van der Waals surface area contributed by atoms with E-state index in [0.29, 0.717) is 18.8 Å². The molecule has 0 saturated carbocycles. The Bertz CT molecular complexity index is 1190. The van der Waals surface area contributed by atoms with E-state index in [4.69, 9.17) is 0 Å². The molecule has 10 heteroatoms. The second kappa shape index (κ2) is 7.53. The Morgan fingerprint density at radius 1 is 1.10 bits per heavy atom. The van der Waals surface area contributed by atoms with Crippen molar-refractivity contribution in [3.63, 3.8) is 0 Å². The first kappa shape index (κ1) is 19.5. The molecule has 29 heavy (non-hydrogen) atoms. The van der Waals surface area contributed by atoms with Gasteiger partial charge in [-0.1, -0.05) is 6.07 Å². The zero-order valence-electron chi connectivity index (χ0n) is 15.3. The molecule has 0 atom stereocenters. The molecule has 0 aliphatic carbocycles. The molecule has 7 nitrogen and oxygen atoms in total. The third-order valence-corrected chi connectivity index (χ3v) is 6.69. The number of rotatable bonds is 5. The van der Waals surface area contributed by atoms with Crippen LogP contribution < -0.4 is 5.32 Å². The molecule has 1 amide bonds. The number of nitrogens with zero attached hydrogens (tertiary/aromatic N) is 3. The number of imidazole rings is 1. The topological polar surface area (TPSA) is 84.3 Å². The minimum absolute atomic E-state index is 0.114. The van der Waals surface area contributed by atoms with E-state index in [2.05, 4.69) is 10.3 Å². The van der Waals surface area contributed by atoms with E-state index < -0.39 is 27.6 Å². The van der Waals surface area contributed by atoms with Gasteiger partial charge in [-0.25, -0.2) is 22.2 Å². The van der Waals surface area contributed by atoms with Crippen molar-refractivity contribution in [3.8, 4) is 0 Å². The predicted molar refractivity (Wildman–Crippen MR) is 103 cm³/mol. The Morgan fingerprint density at radius 3 is 2.59 bits per heavy atom. The zero-order chi connectivity index (χ0) is 20.6. The monoisotopic (exact) mass is 420 g/mol. The summed E-state index contributed by atoms with van der Waals surface area (Å²) < 4.78 is 55.0. The maximum Gasteiger partial charge on any atom is 0.244 e. The van der Waals surface area contributed by atoms with E-state index in [-0.39, 0.29) is 22.5 Å². The highest BCUT2D eigenvalue weighted by atomic mass is 32.2. The average molecular weight is 420 g/mol. The zero-order valence-corrected chi connectivity index (χ0v) is 16.1. The van der Waals surface area contributed by atoms with E-state index in [1.165, 1.54) is 27.3 Å². The first-order valence-electron chi connectivity index (χ1n) is 9.04. The molecule has 2 heterocycles. The fraction of sp³-hybridized carbons (Fsp3) is 0.263. The molecule has 0 radical (unpaired) electrons. The standard InChI is InChI=1S/C19H18F2N4O3S/c20-15-9-17-18(10-16(15)21)24(12-22-17)11-19(26)23-13-4-3-5-14(8-13)29(27,28)25-6-1-2-7-25/h3-5,8-10,12H,1-2,6-7,11H2,(H,23,26). The van der Waals surface area contributed by atoms with Crippen LogP contribution in [0.3, 0.4) is 0 Å². The highest BCUT2D eigenvalue weighted by Gasteiger charge is 2.27. The second-order valence-corrected chi connectivity index (χ2v) is 8.75. The molecule has 1 aromatic heterocycles.